The Morgan fingerprint density at radius 2 is 2.28 bits per heavy atom. The molecule has 1 aromatic rings. The fourth-order valence-electron chi connectivity index (χ4n) is 2.15. The Labute approximate surface area is 114 Å². The van der Waals surface area contributed by atoms with Crippen LogP contribution in [0.1, 0.15) is 25.3 Å². The maximum absolute atomic E-state index is 5.97. The Morgan fingerprint density at radius 1 is 1.39 bits per heavy atom. The first-order valence-electron chi connectivity index (χ1n) is 6.83. The Kier molecular flexibility index (Phi) is 5.32. The second kappa shape index (κ2) is 7.00. The van der Waals surface area contributed by atoms with Crippen LogP contribution in [0.15, 0.2) is 18.3 Å². The SMILES string of the molecule is CCC(N)Cc1ccc(N2CCCSCC2)nc1. The first kappa shape index (κ1) is 13.7. The quantitative estimate of drug-likeness (QED) is 0.907. The van der Waals surface area contributed by atoms with E-state index in [0.717, 1.165) is 31.7 Å². The Hall–Kier alpha value is -0.740. The van der Waals surface area contributed by atoms with Gasteiger partial charge in [-0.25, -0.2) is 4.98 Å². The van der Waals surface area contributed by atoms with Crippen LogP contribution >= 0.6 is 11.8 Å². The van der Waals surface area contributed by atoms with E-state index in [9.17, 15) is 0 Å². The van der Waals surface area contributed by atoms with Crippen molar-refractivity contribution in [3.8, 4) is 0 Å². The molecule has 18 heavy (non-hydrogen) atoms. The number of hydrogen-bond acceptors (Lipinski definition) is 4. The molecule has 0 saturated carbocycles. The zero-order valence-corrected chi connectivity index (χ0v) is 12.0. The van der Waals surface area contributed by atoms with Gasteiger partial charge in [0.15, 0.2) is 0 Å². The molecule has 0 bridgehead atoms. The van der Waals surface area contributed by atoms with E-state index in [4.69, 9.17) is 5.73 Å². The van der Waals surface area contributed by atoms with Crippen LogP contribution in [-0.2, 0) is 6.42 Å². The van der Waals surface area contributed by atoms with Crippen molar-refractivity contribution in [3.63, 3.8) is 0 Å². The van der Waals surface area contributed by atoms with Gasteiger partial charge in [0.05, 0.1) is 0 Å². The van der Waals surface area contributed by atoms with E-state index in [1.807, 2.05) is 18.0 Å². The number of anilines is 1. The van der Waals surface area contributed by atoms with Crippen LogP contribution in [0, 0.1) is 0 Å². The maximum atomic E-state index is 5.97. The van der Waals surface area contributed by atoms with E-state index in [1.54, 1.807) is 0 Å². The zero-order chi connectivity index (χ0) is 12.8. The van der Waals surface area contributed by atoms with Crippen molar-refractivity contribution in [2.45, 2.75) is 32.2 Å². The highest BCUT2D eigenvalue weighted by molar-refractivity contribution is 7.99. The number of thioether (sulfide) groups is 1. The predicted molar refractivity (Wildman–Crippen MR) is 80.4 cm³/mol. The number of aromatic nitrogens is 1. The predicted octanol–water partition coefficient (Wildman–Crippen LogP) is 2.30. The molecule has 0 amide bonds. The average Bonchev–Trinajstić information content (AvgIpc) is 2.68. The smallest absolute Gasteiger partial charge is 0.128 e. The summed E-state index contributed by atoms with van der Waals surface area (Å²) in [7, 11) is 0. The van der Waals surface area contributed by atoms with Gasteiger partial charge in [0, 0.05) is 31.1 Å². The Bertz CT molecular complexity index is 345. The topological polar surface area (TPSA) is 42.1 Å². The van der Waals surface area contributed by atoms with E-state index in [0.29, 0.717) is 0 Å². The molecular weight excluding hydrogens is 242 g/mol. The van der Waals surface area contributed by atoms with E-state index in [2.05, 4.69) is 28.9 Å². The summed E-state index contributed by atoms with van der Waals surface area (Å²) in [4.78, 5) is 6.98. The van der Waals surface area contributed by atoms with Crippen molar-refractivity contribution in [2.24, 2.45) is 5.73 Å². The summed E-state index contributed by atoms with van der Waals surface area (Å²) in [5.41, 5.74) is 7.21. The number of hydrogen-bond donors (Lipinski definition) is 1. The van der Waals surface area contributed by atoms with Crippen LogP contribution in [0.3, 0.4) is 0 Å². The third-order valence-electron chi connectivity index (χ3n) is 3.38. The van der Waals surface area contributed by atoms with Gasteiger partial charge in [0.25, 0.3) is 0 Å². The van der Waals surface area contributed by atoms with E-state index in [-0.39, 0.29) is 6.04 Å². The van der Waals surface area contributed by atoms with Gasteiger partial charge in [-0.05, 0) is 36.6 Å². The molecule has 1 atom stereocenters. The first-order valence-corrected chi connectivity index (χ1v) is 7.98. The zero-order valence-electron chi connectivity index (χ0n) is 11.1. The number of rotatable bonds is 4. The van der Waals surface area contributed by atoms with Crippen LogP contribution in [0.2, 0.25) is 0 Å². The molecule has 1 unspecified atom stereocenters. The molecule has 3 nitrogen and oxygen atoms in total. The van der Waals surface area contributed by atoms with Gasteiger partial charge in [-0.1, -0.05) is 13.0 Å². The lowest BCUT2D eigenvalue weighted by atomic mass is 10.1. The molecule has 0 radical (unpaired) electrons. The van der Waals surface area contributed by atoms with Crippen molar-refractivity contribution in [1.29, 1.82) is 0 Å². The first-order chi connectivity index (χ1) is 8.79. The van der Waals surface area contributed by atoms with E-state index < -0.39 is 0 Å². The fourth-order valence-corrected chi connectivity index (χ4v) is 3.03. The van der Waals surface area contributed by atoms with Gasteiger partial charge in [-0.15, -0.1) is 0 Å². The molecule has 1 aliphatic heterocycles. The van der Waals surface area contributed by atoms with Gasteiger partial charge < -0.3 is 10.6 Å². The van der Waals surface area contributed by atoms with Crippen molar-refractivity contribution < 1.29 is 0 Å². The highest BCUT2D eigenvalue weighted by Crippen LogP contribution is 2.17. The minimum Gasteiger partial charge on any atom is -0.356 e. The molecule has 100 valence electrons. The molecule has 0 aliphatic carbocycles. The second-order valence-electron chi connectivity index (χ2n) is 4.85. The largest absolute Gasteiger partial charge is 0.356 e. The van der Waals surface area contributed by atoms with Crippen LogP contribution in [0.5, 0.6) is 0 Å². The third kappa shape index (κ3) is 3.89. The van der Waals surface area contributed by atoms with Crippen LogP contribution in [0.4, 0.5) is 5.82 Å². The van der Waals surface area contributed by atoms with Crippen molar-refractivity contribution in [1.82, 2.24) is 4.98 Å². The summed E-state index contributed by atoms with van der Waals surface area (Å²) >= 11 is 2.04. The molecule has 4 heteroatoms. The van der Waals surface area contributed by atoms with E-state index >= 15 is 0 Å². The summed E-state index contributed by atoms with van der Waals surface area (Å²) in [6.07, 6.45) is 5.20. The number of pyridine rings is 1. The molecule has 1 aromatic heterocycles. The summed E-state index contributed by atoms with van der Waals surface area (Å²) in [5, 5.41) is 0. The minimum absolute atomic E-state index is 0.257. The summed E-state index contributed by atoms with van der Waals surface area (Å²) in [6.45, 7) is 4.38. The molecule has 1 fully saturated rings. The molecule has 1 aliphatic rings. The lowest BCUT2D eigenvalue weighted by Gasteiger charge is -2.21. The highest BCUT2D eigenvalue weighted by atomic mass is 32.2. The standard InChI is InChI=1S/C14H23N3S/c1-2-13(15)10-12-4-5-14(16-11-12)17-6-3-8-18-9-7-17/h4-5,11,13H,2-3,6-10,15H2,1H3. The maximum Gasteiger partial charge on any atom is 0.128 e. The van der Waals surface area contributed by atoms with E-state index in [1.165, 1.54) is 23.5 Å². The monoisotopic (exact) mass is 265 g/mol. The minimum atomic E-state index is 0.257. The second-order valence-corrected chi connectivity index (χ2v) is 6.07. The molecule has 2 N–H and O–H groups in total. The van der Waals surface area contributed by atoms with Gasteiger partial charge >= 0.3 is 0 Å². The van der Waals surface area contributed by atoms with Crippen LogP contribution in [0.25, 0.3) is 0 Å². The fraction of sp³-hybridized carbons (Fsp3) is 0.643. The van der Waals surface area contributed by atoms with Crippen molar-refractivity contribution in [2.75, 3.05) is 29.5 Å². The molecule has 0 spiro atoms. The van der Waals surface area contributed by atoms with Crippen LogP contribution in [-0.4, -0.2) is 35.6 Å². The highest BCUT2D eigenvalue weighted by Gasteiger charge is 2.11. The molecule has 2 rings (SSSR count). The average molecular weight is 265 g/mol. The number of nitrogens with two attached hydrogens (primary N) is 1. The Morgan fingerprint density at radius 3 is 3.00 bits per heavy atom. The normalized spacial score (nSPS) is 18.4. The molecule has 1 saturated heterocycles. The summed E-state index contributed by atoms with van der Waals surface area (Å²) in [5.74, 6) is 3.61. The van der Waals surface area contributed by atoms with Crippen molar-refractivity contribution >= 4 is 17.6 Å². The molecular formula is C14H23N3S. The summed E-state index contributed by atoms with van der Waals surface area (Å²) in [6, 6.07) is 4.58. The van der Waals surface area contributed by atoms with Gasteiger partial charge in [0.2, 0.25) is 0 Å². The lowest BCUT2D eigenvalue weighted by Crippen LogP contribution is -2.26. The van der Waals surface area contributed by atoms with Crippen molar-refractivity contribution in [3.05, 3.63) is 23.9 Å². The molecule has 0 aromatic carbocycles. The number of nitrogens with zero attached hydrogens (tertiary/aromatic N) is 2. The molecule has 2 heterocycles. The Balaban J connectivity index is 1.97. The van der Waals surface area contributed by atoms with Gasteiger partial charge in [-0.2, -0.15) is 11.8 Å². The lowest BCUT2D eigenvalue weighted by molar-refractivity contribution is 0.645. The third-order valence-corrected chi connectivity index (χ3v) is 4.43. The van der Waals surface area contributed by atoms with Crippen LogP contribution < -0.4 is 10.6 Å². The van der Waals surface area contributed by atoms with Gasteiger partial charge in [-0.3, -0.25) is 0 Å². The summed E-state index contributed by atoms with van der Waals surface area (Å²) < 4.78 is 0. The van der Waals surface area contributed by atoms with Gasteiger partial charge in [0.1, 0.15) is 5.82 Å².